The third kappa shape index (κ3) is 4.59. The number of nitrogen functional groups attached to an aromatic ring is 1. The van der Waals surface area contributed by atoms with E-state index in [2.05, 4.69) is 59.2 Å². The molecule has 22 heavy (non-hydrogen) atoms. The number of rotatable bonds is 6. The minimum atomic E-state index is 0.233. The number of thioether (sulfide) groups is 1. The van der Waals surface area contributed by atoms with Crippen molar-refractivity contribution in [1.82, 2.24) is 15.0 Å². The molecule has 0 aliphatic rings. The number of aryl methyl sites for hydroxylation is 3. The third-order valence-corrected chi connectivity index (χ3v) is 4.64. The van der Waals surface area contributed by atoms with E-state index in [9.17, 15) is 0 Å². The van der Waals surface area contributed by atoms with Crippen LogP contribution in [0.4, 0.5) is 11.9 Å². The molecule has 1 atom stereocenters. The average molecular weight is 317 g/mol. The van der Waals surface area contributed by atoms with E-state index >= 15 is 0 Å². The van der Waals surface area contributed by atoms with Crippen LogP contribution < -0.4 is 11.1 Å². The fourth-order valence-electron chi connectivity index (χ4n) is 2.00. The minimum Gasteiger partial charge on any atom is -0.368 e. The molecule has 0 saturated carbocycles. The molecule has 3 N–H and O–H groups in total. The maximum absolute atomic E-state index is 5.70. The molecular weight excluding hydrogens is 294 g/mol. The van der Waals surface area contributed by atoms with Crippen molar-refractivity contribution in [2.24, 2.45) is 0 Å². The lowest BCUT2D eigenvalue weighted by molar-refractivity contribution is 0.851. The van der Waals surface area contributed by atoms with Crippen LogP contribution in [0, 0.1) is 13.8 Å². The van der Waals surface area contributed by atoms with Crippen molar-refractivity contribution in [1.29, 1.82) is 0 Å². The lowest BCUT2D eigenvalue weighted by Crippen LogP contribution is -2.21. The Morgan fingerprint density at radius 1 is 1.23 bits per heavy atom. The maximum Gasteiger partial charge on any atom is 0.227 e. The molecule has 2 aromatic rings. The fourth-order valence-corrected chi connectivity index (χ4v) is 3.08. The van der Waals surface area contributed by atoms with Crippen molar-refractivity contribution in [2.75, 3.05) is 16.8 Å². The zero-order chi connectivity index (χ0) is 16.1. The second kappa shape index (κ2) is 7.45. The van der Waals surface area contributed by atoms with Gasteiger partial charge >= 0.3 is 0 Å². The van der Waals surface area contributed by atoms with Gasteiger partial charge in [0.15, 0.2) is 0 Å². The van der Waals surface area contributed by atoms with Crippen LogP contribution >= 0.6 is 11.8 Å². The number of benzene rings is 1. The van der Waals surface area contributed by atoms with Crippen LogP contribution in [0.5, 0.6) is 0 Å². The normalized spacial score (nSPS) is 12.2. The van der Waals surface area contributed by atoms with Gasteiger partial charge in [0.25, 0.3) is 0 Å². The first kappa shape index (κ1) is 16.5. The summed E-state index contributed by atoms with van der Waals surface area (Å²) in [5.41, 5.74) is 8.29. The Hall–Kier alpha value is -1.82. The number of nitrogens with one attached hydrogen (secondary N) is 1. The molecular formula is C16H23N5S. The molecule has 1 aromatic heterocycles. The van der Waals surface area contributed by atoms with E-state index < -0.39 is 0 Å². The van der Waals surface area contributed by atoms with Crippen LogP contribution in [0.1, 0.15) is 30.8 Å². The molecule has 1 unspecified atom stereocenters. The van der Waals surface area contributed by atoms with Gasteiger partial charge in [0.2, 0.25) is 11.9 Å². The SMILES string of the molecule is CCc1nc(N)nc(NC(C)CSc2cc(C)ccc2C)n1. The number of hydrogen-bond acceptors (Lipinski definition) is 6. The van der Waals surface area contributed by atoms with Crippen molar-refractivity contribution < 1.29 is 0 Å². The topological polar surface area (TPSA) is 76.7 Å². The van der Waals surface area contributed by atoms with Gasteiger partial charge in [-0.25, -0.2) is 0 Å². The van der Waals surface area contributed by atoms with Gasteiger partial charge in [-0.2, -0.15) is 15.0 Å². The molecule has 118 valence electrons. The second-order valence-electron chi connectivity index (χ2n) is 5.41. The summed E-state index contributed by atoms with van der Waals surface area (Å²) in [6.45, 7) is 8.37. The number of anilines is 2. The molecule has 2 rings (SSSR count). The maximum atomic E-state index is 5.70. The summed E-state index contributed by atoms with van der Waals surface area (Å²) in [7, 11) is 0. The highest BCUT2D eigenvalue weighted by atomic mass is 32.2. The fraction of sp³-hybridized carbons (Fsp3) is 0.438. The summed E-state index contributed by atoms with van der Waals surface area (Å²) < 4.78 is 0. The lowest BCUT2D eigenvalue weighted by Gasteiger charge is -2.15. The number of nitrogens with two attached hydrogens (primary N) is 1. The van der Waals surface area contributed by atoms with E-state index in [1.807, 2.05) is 18.7 Å². The first-order valence-corrected chi connectivity index (χ1v) is 8.43. The molecule has 6 heteroatoms. The average Bonchev–Trinajstić information content (AvgIpc) is 2.47. The highest BCUT2D eigenvalue weighted by Crippen LogP contribution is 2.24. The van der Waals surface area contributed by atoms with Gasteiger partial charge < -0.3 is 11.1 Å². The zero-order valence-electron chi connectivity index (χ0n) is 13.6. The molecule has 0 aliphatic heterocycles. The van der Waals surface area contributed by atoms with Crippen LogP contribution in [0.15, 0.2) is 23.1 Å². The quantitative estimate of drug-likeness (QED) is 0.797. The monoisotopic (exact) mass is 317 g/mol. The Labute approximate surface area is 136 Å². The summed E-state index contributed by atoms with van der Waals surface area (Å²) in [5, 5.41) is 3.30. The molecule has 0 saturated heterocycles. The first-order valence-electron chi connectivity index (χ1n) is 7.45. The van der Waals surface area contributed by atoms with E-state index in [0.717, 1.165) is 12.2 Å². The molecule has 0 aliphatic carbocycles. The predicted molar refractivity (Wildman–Crippen MR) is 93.3 cm³/mol. The van der Waals surface area contributed by atoms with Gasteiger partial charge in [-0.3, -0.25) is 0 Å². The van der Waals surface area contributed by atoms with Crippen molar-refractivity contribution in [3.05, 3.63) is 35.2 Å². The van der Waals surface area contributed by atoms with E-state index in [4.69, 9.17) is 5.73 Å². The number of hydrogen-bond donors (Lipinski definition) is 2. The molecule has 0 bridgehead atoms. The Morgan fingerprint density at radius 2 is 2.00 bits per heavy atom. The number of aromatic nitrogens is 3. The highest BCUT2D eigenvalue weighted by Gasteiger charge is 2.09. The van der Waals surface area contributed by atoms with E-state index in [0.29, 0.717) is 11.8 Å². The Kier molecular flexibility index (Phi) is 5.60. The van der Waals surface area contributed by atoms with Crippen LogP contribution in [0.3, 0.4) is 0 Å². The van der Waals surface area contributed by atoms with Gasteiger partial charge in [-0.1, -0.05) is 24.6 Å². The Balaban J connectivity index is 1.97. The van der Waals surface area contributed by atoms with Crippen molar-refractivity contribution in [2.45, 2.75) is 45.1 Å². The molecule has 1 aromatic carbocycles. The molecule has 0 spiro atoms. The second-order valence-corrected chi connectivity index (χ2v) is 6.47. The third-order valence-electron chi connectivity index (χ3n) is 3.22. The van der Waals surface area contributed by atoms with Gasteiger partial charge in [0, 0.05) is 23.1 Å². The van der Waals surface area contributed by atoms with Crippen LogP contribution in [0.2, 0.25) is 0 Å². The van der Waals surface area contributed by atoms with E-state index in [-0.39, 0.29) is 12.0 Å². The molecule has 0 amide bonds. The van der Waals surface area contributed by atoms with Gasteiger partial charge in [-0.05, 0) is 32.4 Å². The predicted octanol–water partition coefficient (Wildman–Crippen LogP) is 3.23. The standard InChI is InChI=1S/C16H23N5S/c1-5-14-19-15(17)21-16(20-14)18-12(4)9-22-13-8-10(2)6-7-11(13)3/h6-8,12H,5,9H2,1-4H3,(H3,17,18,19,20,21). The van der Waals surface area contributed by atoms with Crippen LogP contribution in [-0.2, 0) is 6.42 Å². The smallest absolute Gasteiger partial charge is 0.227 e. The van der Waals surface area contributed by atoms with Crippen molar-refractivity contribution in [3.63, 3.8) is 0 Å². The van der Waals surface area contributed by atoms with Gasteiger partial charge in [0.05, 0.1) is 0 Å². The summed E-state index contributed by atoms with van der Waals surface area (Å²) in [6, 6.07) is 6.76. The molecule has 1 heterocycles. The van der Waals surface area contributed by atoms with E-state index in [1.54, 1.807) is 0 Å². The minimum absolute atomic E-state index is 0.233. The number of nitrogens with zero attached hydrogens (tertiary/aromatic N) is 3. The summed E-state index contributed by atoms with van der Waals surface area (Å²) in [5.74, 6) is 2.46. The van der Waals surface area contributed by atoms with Gasteiger partial charge in [-0.15, -0.1) is 11.8 Å². The summed E-state index contributed by atoms with van der Waals surface area (Å²) in [4.78, 5) is 13.9. The Bertz CT molecular complexity index is 644. The summed E-state index contributed by atoms with van der Waals surface area (Å²) >= 11 is 1.84. The molecule has 0 radical (unpaired) electrons. The molecule has 0 fully saturated rings. The molecule has 5 nitrogen and oxygen atoms in total. The van der Waals surface area contributed by atoms with Crippen molar-refractivity contribution in [3.8, 4) is 0 Å². The highest BCUT2D eigenvalue weighted by molar-refractivity contribution is 7.99. The van der Waals surface area contributed by atoms with Crippen LogP contribution in [0.25, 0.3) is 0 Å². The zero-order valence-corrected chi connectivity index (χ0v) is 14.4. The first-order chi connectivity index (χ1) is 10.5. The Morgan fingerprint density at radius 3 is 2.73 bits per heavy atom. The van der Waals surface area contributed by atoms with E-state index in [1.165, 1.54) is 16.0 Å². The van der Waals surface area contributed by atoms with Crippen LogP contribution in [-0.4, -0.2) is 26.7 Å². The summed E-state index contributed by atoms with van der Waals surface area (Å²) in [6.07, 6.45) is 0.743. The van der Waals surface area contributed by atoms with Crippen molar-refractivity contribution >= 4 is 23.7 Å². The van der Waals surface area contributed by atoms with Gasteiger partial charge in [0.1, 0.15) is 5.82 Å². The lowest BCUT2D eigenvalue weighted by atomic mass is 10.2. The largest absolute Gasteiger partial charge is 0.368 e.